The van der Waals surface area contributed by atoms with Gasteiger partial charge in [-0.05, 0) is 36.3 Å². The lowest BCUT2D eigenvalue weighted by Gasteiger charge is -2.12. The third-order valence-corrected chi connectivity index (χ3v) is 3.70. The molecule has 2 amide bonds. The van der Waals surface area contributed by atoms with Crippen LogP contribution in [0.4, 0.5) is 17.1 Å². The van der Waals surface area contributed by atoms with Crippen molar-refractivity contribution in [2.75, 3.05) is 10.6 Å². The molecule has 0 aliphatic heterocycles. The zero-order valence-corrected chi connectivity index (χ0v) is 14.5. The quantitative estimate of drug-likeness (QED) is 0.467. The van der Waals surface area contributed by atoms with Gasteiger partial charge in [-0.3, -0.25) is 19.7 Å². The molecule has 0 spiro atoms. The Morgan fingerprint density at radius 2 is 1.77 bits per heavy atom. The highest BCUT2D eigenvalue weighted by atomic mass is 16.6. The van der Waals surface area contributed by atoms with Gasteiger partial charge in [0.2, 0.25) is 11.8 Å². The smallest absolute Gasteiger partial charge is 0.270 e. The highest BCUT2D eigenvalue weighted by Gasteiger charge is 2.08. The topological polar surface area (TPSA) is 101 Å². The summed E-state index contributed by atoms with van der Waals surface area (Å²) in [6.45, 7) is 3.56. The number of anilines is 2. The monoisotopic (exact) mass is 353 g/mol. The Bertz CT molecular complexity index is 875. The number of nitro groups is 1. The maximum Gasteiger partial charge on any atom is 0.270 e. The average Bonchev–Trinajstić information content (AvgIpc) is 2.63. The van der Waals surface area contributed by atoms with E-state index in [1.807, 2.05) is 0 Å². The molecule has 134 valence electrons. The minimum atomic E-state index is -0.489. The minimum absolute atomic E-state index is 0.0391. The normalized spacial score (nSPS) is 10.5. The van der Waals surface area contributed by atoms with E-state index in [0.29, 0.717) is 23.4 Å². The highest BCUT2D eigenvalue weighted by molar-refractivity contribution is 6.03. The average molecular weight is 353 g/mol. The van der Waals surface area contributed by atoms with Crippen LogP contribution < -0.4 is 10.6 Å². The van der Waals surface area contributed by atoms with Crippen molar-refractivity contribution in [1.82, 2.24) is 0 Å². The third-order valence-electron chi connectivity index (χ3n) is 3.70. The van der Waals surface area contributed by atoms with Gasteiger partial charge in [0.15, 0.2) is 0 Å². The first-order valence-electron chi connectivity index (χ1n) is 8.03. The Balaban J connectivity index is 2.10. The Morgan fingerprint density at radius 1 is 1.12 bits per heavy atom. The molecule has 7 heteroatoms. The molecule has 2 N–H and O–H groups in total. The molecule has 0 aliphatic rings. The molecule has 0 heterocycles. The van der Waals surface area contributed by atoms with Gasteiger partial charge in [-0.15, -0.1) is 0 Å². The van der Waals surface area contributed by atoms with Crippen LogP contribution in [0.3, 0.4) is 0 Å². The predicted molar refractivity (Wildman–Crippen MR) is 101 cm³/mol. The van der Waals surface area contributed by atoms with E-state index in [2.05, 4.69) is 10.6 Å². The number of nitrogens with one attached hydrogen (secondary N) is 2. The molecule has 0 unspecified atom stereocenters. The lowest BCUT2D eigenvalue weighted by atomic mass is 10.1. The lowest BCUT2D eigenvalue weighted by molar-refractivity contribution is -0.384. The van der Waals surface area contributed by atoms with Gasteiger partial charge >= 0.3 is 0 Å². The van der Waals surface area contributed by atoms with Crippen molar-refractivity contribution in [3.63, 3.8) is 0 Å². The number of hydrogen-bond acceptors (Lipinski definition) is 4. The molecule has 0 aliphatic carbocycles. The van der Waals surface area contributed by atoms with E-state index >= 15 is 0 Å². The van der Waals surface area contributed by atoms with Crippen LogP contribution in [0.1, 0.15) is 24.5 Å². The molecule has 2 rings (SSSR count). The molecule has 2 aromatic carbocycles. The van der Waals surface area contributed by atoms with Gasteiger partial charge in [0.05, 0.1) is 4.92 Å². The highest BCUT2D eigenvalue weighted by Crippen LogP contribution is 2.23. The Labute approximate surface area is 150 Å². The Hall–Kier alpha value is -3.48. The molecule has 0 radical (unpaired) electrons. The van der Waals surface area contributed by atoms with Crippen molar-refractivity contribution in [2.45, 2.75) is 20.3 Å². The van der Waals surface area contributed by atoms with Crippen LogP contribution in [0.5, 0.6) is 0 Å². The minimum Gasteiger partial charge on any atom is -0.326 e. The standard InChI is InChI=1S/C19H19N3O4/c1-3-18(23)20-16-8-5-9-17(13(16)2)21-19(24)11-10-14-6-4-7-15(12-14)22(25)26/h4-12H,3H2,1-2H3,(H,20,23)(H,21,24). The molecule has 26 heavy (non-hydrogen) atoms. The summed E-state index contributed by atoms with van der Waals surface area (Å²) >= 11 is 0. The van der Waals surface area contributed by atoms with Crippen LogP contribution in [-0.4, -0.2) is 16.7 Å². The zero-order valence-electron chi connectivity index (χ0n) is 14.5. The summed E-state index contributed by atoms with van der Waals surface area (Å²) in [6.07, 6.45) is 3.16. The van der Waals surface area contributed by atoms with Crippen molar-refractivity contribution in [1.29, 1.82) is 0 Å². The molecule has 2 aromatic rings. The van der Waals surface area contributed by atoms with Crippen LogP contribution in [-0.2, 0) is 9.59 Å². The molecule has 0 atom stereocenters. The molecular weight excluding hydrogens is 334 g/mol. The van der Waals surface area contributed by atoms with Crippen molar-refractivity contribution in [2.24, 2.45) is 0 Å². The van der Waals surface area contributed by atoms with Crippen molar-refractivity contribution in [3.05, 3.63) is 69.8 Å². The number of nitro benzene ring substituents is 1. The maximum atomic E-state index is 12.1. The van der Waals surface area contributed by atoms with Gasteiger partial charge in [0.1, 0.15) is 0 Å². The van der Waals surface area contributed by atoms with Gasteiger partial charge in [-0.25, -0.2) is 0 Å². The van der Waals surface area contributed by atoms with Crippen molar-refractivity contribution in [3.8, 4) is 0 Å². The summed E-state index contributed by atoms with van der Waals surface area (Å²) in [5.41, 5.74) is 2.47. The largest absolute Gasteiger partial charge is 0.326 e. The maximum absolute atomic E-state index is 12.1. The fraction of sp³-hybridized carbons (Fsp3) is 0.158. The second-order valence-electron chi connectivity index (χ2n) is 5.55. The van der Waals surface area contributed by atoms with Gasteiger partial charge < -0.3 is 10.6 Å². The second-order valence-corrected chi connectivity index (χ2v) is 5.55. The summed E-state index contributed by atoms with van der Waals surface area (Å²) in [4.78, 5) is 34.0. The summed E-state index contributed by atoms with van der Waals surface area (Å²) in [7, 11) is 0. The number of hydrogen-bond donors (Lipinski definition) is 2. The first-order chi connectivity index (χ1) is 12.4. The van der Waals surface area contributed by atoms with Crippen LogP contribution in [0, 0.1) is 17.0 Å². The van der Waals surface area contributed by atoms with Gasteiger partial charge in [0.25, 0.3) is 5.69 Å². The van der Waals surface area contributed by atoms with E-state index in [1.165, 1.54) is 24.3 Å². The number of rotatable bonds is 6. The number of amides is 2. The number of carbonyl (C=O) groups excluding carboxylic acids is 2. The SMILES string of the molecule is CCC(=O)Nc1cccc(NC(=O)C=Cc2cccc([N+](=O)[O-])c2)c1C. The van der Waals surface area contributed by atoms with E-state index in [0.717, 1.165) is 5.56 Å². The fourth-order valence-electron chi connectivity index (χ4n) is 2.23. The van der Waals surface area contributed by atoms with Gasteiger partial charge in [-0.2, -0.15) is 0 Å². The molecule has 0 bridgehead atoms. The van der Waals surface area contributed by atoms with Crippen LogP contribution in [0.15, 0.2) is 48.5 Å². The van der Waals surface area contributed by atoms with Crippen LogP contribution in [0.2, 0.25) is 0 Å². The predicted octanol–water partition coefficient (Wildman–Crippen LogP) is 3.90. The van der Waals surface area contributed by atoms with Gasteiger partial charge in [-0.1, -0.05) is 25.1 Å². The molecule has 0 fully saturated rings. The third kappa shape index (κ3) is 5.01. The summed E-state index contributed by atoms with van der Waals surface area (Å²) in [6, 6.07) is 11.2. The Morgan fingerprint density at radius 3 is 2.42 bits per heavy atom. The van der Waals surface area contributed by atoms with Crippen LogP contribution >= 0.6 is 0 Å². The van der Waals surface area contributed by atoms with Crippen LogP contribution in [0.25, 0.3) is 6.08 Å². The number of nitrogens with zero attached hydrogens (tertiary/aromatic N) is 1. The Kier molecular flexibility index (Phi) is 6.21. The summed E-state index contributed by atoms with van der Waals surface area (Å²) in [5, 5.41) is 16.3. The molecule has 0 aromatic heterocycles. The second kappa shape index (κ2) is 8.57. The summed E-state index contributed by atoms with van der Waals surface area (Å²) in [5.74, 6) is -0.485. The first-order valence-corrected chi connectivity index (χ1v) is 8.03. The van der Waals surface area contributed by atoms with E-state index in [4.69, 9.17) is 0 Å². The molecular formula is C19H19N3O4. The van der Waals surface area contributed by atoms with E-state index in [1.54, 1.807) is 44.2 Å². The molecule has 0 saturated heterocycles. The van der Waals surface area contributed by atoms with E-state index in [9.17, 15) is 19.7 Å². The zero-order chi connectivity index (χ0) is 19.1. The van der Waals surface area contributed by atoms with Crippen molar-refractivity contribution < 1.29 is 14.5 Å². The first kappa shape index (κ1) is 18.9. The molecule has 0 saturated carbocycles. The molecule has 7 nitrogen and oxygen atoms in total. The fourth-order valence-corrected chi connectivity index (χ4v) is 2.23. The number of carbonyl (C=O) groups is 2. The number of benzene rings is 2. The number of non-ortho nitro benzene ring substituents is 1. The van der Waals surface area contributed by atoms with Crippen molar-refractivity contribution >= 4 is 35.0 Å². The van der Waals surface area contributed by atoms with E-state index in [-0.39, 0.29) is 17.5 Å². The summed E-state index contributed by atoms with van der Waals surface area (Å²) < 4.78 is 0. The lowest BCUT2D eigenvalue weighted by Crippen LogP contribution is -2.13. The van der Waals surface area contributed by atoms with E-state index < -0.39 is 4.92 Å². The van der Waals surface area contributed by atoms with Gasteiger partial charge in [0, 0.05) is 36.0 Å².